The Morgan fingerprint density at radius 3 is 2.59 bits per heavy atom. The van der Waals surface area contributed by atoms with E-state index >= 15 is 0 Å². The van der Waals surface area contributed by atoms with Gasteiger partial charge in [0, 0.05) is 11.6 Å². The van der Waals surface area contributed by atoms with E-state index in [1.54, 1.807) is 18.3 Å². The van der Waals surface area contributed by atoms with E-state index in [-0.39, 0.29) is 24.0 Å². The molecule has 0 aliphatic heterocycles. The summed E-state index contributed by atoms with van der Waals surface area (Å²) in [5.41, 5.74) is 2.04. The van der Waals surface area contributed by atoms with E-state index in [4.69, 9.17) is 9.72 Å². The maximum Gasteiger partial charge on any atom is 0.282 e. The third-order valence-corrected chi connectivity index (χ3v) is 7.06. The van der Waals surface area contributed by atoms with Crippen LogP contribution in [-0.2, 0) is 4.79 Å². The Hall–Kier alpha value is -3.78. The second-order valence-corrected chi connectivity index (χ2v) is 9.93. The molecule has 0 atom stereocenters. The lowest BCUT2D eigenvalue weighted by Crippen LogP contribution is -2.25. The number of aromatic nitrogens is 2. The number of nitrogens with zero attached hydrogens (tertiary/aromatic N) is 3. The molecule has 1 saturated carbocycles. The van der Waals surface area contributed by atoms with Crippen molar-refractivity contribution in [3.8, 4) is 5.75 Å². The van der Waals surface area contributed by atoms with Crippen molar-refractivity contribution in [2.24, 2.45) is 5.10 Å². The Morgan fingerprint density at radius 2 is 1.81 bits per heavy atom. The van der Waals surface area contributed by atoms with E-state index in [1.165, 1.54) is 11.1 Å². The van der Waals surface area contributed by atoms with Gasteiger partial charge >= 0.3 is 0 Å². The molecule has 5 rings (SSSR count). The summed E-state index contributed by atoms with van der Waals surface area (Å²) in [4.78, 5) is 30.4. The molecule has 8 heteroatoms. The average Bonchev–Trinajstić information content (AvgIpc) is 2.93. The Kier molecular flexibility index (Phi) is 7.75. The molecule has 0 spiro atoms. The minimum atomic E-state index is -0.248. The number of hydrogen-bond acceptors (Lipinski definition) is 5. The van der Waals surface area contributed by atoms with Crippen molar-refractivity contribution in [1.82, 2.24) is 9.66 Å². The van der Waals surface area contributed by atoms with Crippen molar-refractivity contribution < 1.29 is 9.53 Å². The largest absolute Gasteiger partial charge is 0.483 e. The normalized spacial score (nSPS) is 14.2. The molecule has 1 aliphatic rings. The number of halogens is 1. The van der Waals surface area contributed by atoms with Gasteiger partial charge in [-0.3, -0.25) is 9.59 Å². The van der Waals surface area contributed by atoms with E-state index < -0.39 is 0 Å². The van der Waals surface area contributed by atoms with Crippen LogP contribution in [0.5, 0.6) is 5.75 Å². The van der Waals surface area contributed by atoms with Crippen LogP contribution in [0, 0.1) is 0 Å². The average molecular weight is 559 g/mol. The molecule has 1 heterocycles. The second-order valence-electron chi connectivity index (χ2n) is 9.08. The van der Waals surface area contributed by atoms with Crippen LogP contribution in [0.15, 0.2) is 87.2 Å². The number of fused-ring (bicyclic) bond motifs is 1. The monoisotopic (exact) mass is 558 g/mol. The molecule has 1 aromatic heterocycles. The van der Waals surface area contributed by atoms with Gasteiger partial charge in [0.1, 0.15) is 11.6 Å². The summed E-state index contributed by atoms with van der Waals surface area (Å²) in [6.45, 7) is -0.121. The molecule has 0 radical (unpaired) electrons. The first-order chi connectivity index (χ1) is 18.1. The Morgan fingerprint density at radius 1 is 1.05 bits per heavy atom. The van der Waals surface area contributed by atoms with E-state index in [9.17, 15) is 9.59 Å². The zero-order valence-corrected chi connectivity index (χ0v) is 21.9. The number of rotatable bonds is 7. The molecule has 0 saturated heterocycles. The quantitative estimate of drug-likeness (QED) is 0.277. The fourth-order valence-electron chi connectivity index (χ4n) is 4.58. The maximum atomic E-state index is 13.4. The predicted octanol–water partition coefficient (Wildman–Crippen LogP) is 6.11. The topological polar surface area (TPSA) is 85.6 Å². The lowest BCUT2D eigenvalue weighted by molar-refractivity contribution is -0.118. The first-order valence-corrected chi connectivity index (χ1v) is 13.2. The minimum absolute atomic E-state index is 0.121. The number of benzene rings is 3. The molecule has 188 valence electrons. The molecule has 1 aliphatic carbocycles. The molecular weight excluding hydrogens is 532 g/mol. The summed E-state index contributed by atoms with van der Waals surface area (Å²) < 4.78 is 7.83. The molecular formula is C29H27BrN4O3. The van der Waals surface area contributed by atoms with Crippen molar-refractivity contribution in [2.45, 2.75) is 38.0 Å². The minimum Gasteiger partial charge on any atom is -0.483 e. The van der Waals surface area contributed by atoms with Gasteiger partial charge in [0.05, 0.1) is 21.6 Å². The van der Waals surface area contributed by atoms with Crippen molar-refractivity contribution in [3.05, 3.63) is 99.0 Å². The van der Waals surface area contributed by atoms with E-state index in [0.717, 1.165) is 37.1 Å². The van der Waals surface area contributed by atoms with Gasteiger partial charge in [-0.2, -0.15) is 9.78 Å². The Labute approximate surface area is 223 Å². The van der Waals surface area contributed by atoms with Crippen LogP contribution in [-0.4, -0.2) is 28.4 Å². The van der Waals surface area contributed by atoms with Gasteiger partial charge in [0.2, 0.25) is 0 Å². The lowest BCUT2D eigenvalue weighted by atomic mass is 9.88. The van der Waals surface area contributed by atoms with Gasteiger partial charge in [-0.1, -0.05) is 49.6 Å². The maximum absolute atomic E-state index is 13.4. The van der Waals surface area contributed by atoms with Gasteiger partial charge in [0.25, 0.3) is 11.5 Å². The number of hydrogen-bond donors (Lipinski definition) is 1. The second kappa shape index (κ2) is 11.5. The first kappa shape index (κ1) is 24.9. The zero-order valence-electron chi connectivity index (χ0n) is 20.3. The highest BCUT2D eigenvalue weighted by molar-refractivity contribution is 9.10. The third-order valence-electron chi connectivity index (χ3n) is 6.44. The van der Waals surface area contributed by atoms with Gasteiger partial charge < -0.3 is 10.1 Å². The summed E-state index contributed by atoms with van der Waals surface area (Å²) in [5, 5.41) is 7.93. The summed E-state index contributed by atoms with van der Waals surface area (Å²) in [6, 6.07) is 22.1. The van der Waals surface area contributed by atoms with E-state index in [2.05, 4.69) is 26.3 Å². The number of anilines is 1. The number of para-hydroxylation sites is 2. The molecule has 37 heavy (non-hydrogen) atoms. The van der Waals surface area contributed by atoms with Crippen molar-refractivity contribution in [3.63, 3.8) is 0 Å². The summed E-state index contributed by atoms with van der Waals surface area (Å²) >= 11 is 3.52. The van der Waals surface area contributed by atoms with Crippen molar-refractivity contribution in [1.29, 1.82) is 0 Å². The summed E-state index contributed by atoms with van der Waals surface area (Å²) in [5.74, 6) is 1.23. The fourth-order valence-corrected chi connectivity index (χ4v) is 5.09. The summed E-state index contributed by atoms with van der Waals surface area (Å²) in [6.07, 6.45) is 7.16. The van der Waals surface area contributed by atoms with Crippen LogP contribution in [0.4, 0.5) is 5.69 Å². The molecule has 1 amide bonds. The van der Waals surface area contributed by atoms with Crippen molar-refractivity contribution >= 4 is 44.6 Å². The van der Waals surface area contributed by atoms with E-state index in [1.807, 2.05) is 60.7 Å². The van der Waals surface area contributed by atoms with E-state index in [0.29, 0.717) is 26.8 Å². The van der Waals surface area contributed by atoms with Gasteiger partial charge in [-0.05, 0) is 76.8 Å². The van der Waals surface area contributed by atoms with Crippen LogP contribution >= 0.6 is 15.9 Å². The number of carbonyl (C=O) groups excluding carboxylic acids is 1. The highest BCUT2D eigenvalue weighted by Crippen LogP contribution is 2.32. The molecule has 0 bridgehead atoms. The molecule has 3 aromatic carbocycles. The van der Waals surface area contributed by atoms with Crippen LogP contribution in [0.25, 0.3) is 10.9 Å². The highest BCUT2D eigenvalue weighted by Gasteiger charge is 2.22. The van der Waals surface area contributed by atoms with Gasteiger partial charge in [0.15, 0.2) is 6.61 Å². The molecule has 4 aromatic rings. The Bertz CT molecular complexity index is 1490. The molecule has 1 fully saturated rings. The summed E-state index contributed by atoms with van der Waals surface area (Å²) in [7, 11) is 0. The van der Waals surface area contributed by atoms with Crippen LogP contribution < -0.4 is 15.6 Å². The number of ether oxygens (including phenoxy) is 1. The lowest BCUT2D eigenvalue weighted by Gasteiger charge is -2.22. The fraction of sp³-hybridized carbons (Fsp3) is 0.241. The molecule has 0 unspecified atom stereocenters. The van der Waals surface area contributed by atoms with Crippen molar-refractivity contribution in [2.75, 3.05) is 11.9 Å². The smallest absolute Gasteiger partial charge is 0.282 e. The molecule has 1 N–H and O–H groups in total. The van der Waals surface area contributed by atoms with Gasteiger partial charge in [-0.15, -0.1) is 0 Å². The third kappa shape index (κ3) is 5.97. The standard InChI is InChI=1S/C29H27BrN4O3/c30-24-17-20(15-16-26(24)37-19-27(35)32-22-11-5-2-6-12-22)18-31-34-28(21-9-3-1-4-10-21)33-25-14-8-7-13-23(25)29(34)36/h2,5-8,11-18,21H,1,3-4,9-10,19H2,(H,32,35). The number of carbonyl (C=O) groups is 1. The molecule has 7 nitrogen and oxygen atoms in total. The number of amides is 1. The van der Waals surface area contributed by atoms with Crippen LogP contribution in [0.3, 0.4) is 0 Å². The number of nitrogens with one attached hydrogen (secondary N) is 1. The van der Waals surface area contributed by atoms with Crippen LogP contribution in [0.1, 0.15) is 49.4 Å². The predicted molar refractivity (Wildman–Crippen MR) is 150 cm³/mol. The Balaban J connectivity index is 1.35. The highest BCUT2D eigenvalue weighted by atomic mass is 79.9. The first-order valence-electron chi connectivity index (χ1n) is 12.4. The van der Waals surface area contributed by atoms with Gasteiger partial charge in [-0.25, -0.2) is 4.98 Å². The zero-order chi connectivity index (χ0) is 25.6. The van der Waals surface area contributed by atoms with Crippen LogP contribution in [0.2, 0.25) is 0 Å². The SMILES string of the molecule is O=C(COc1ccc(C=Nn2c(C3CCCCC3)nc3ccccc3c2=O)cc1Br)Nc1ccccc1.